The number of carboxylic acid groups (broad SMARTS) is 1. The zero-order chi connectivity index (χ0) is 23.5. The standard InChI is InChI=1S/C24H21N3O6/c1-2-7-19(22(29)27-20(23(30)31)12-21(28)26-27)25-24(32)33-13-18-16-10-5-3-8-14(16)15-9-4-6-11-17(15)18/h1,3-6,8-11,18-20H,7,12-13H2,(H,25,32)(H,26,28)(H,30,31). The quantitative estimate of drug-likeness (QED) is 0.578. The maximum Gasteiger partial charge on any atom is 0.407 e. The second-order valence-corrected chi connectivity index (χ2v) is 7.73. The van der Waals surface area contributed by atoms with Crippen LogP contribution < -0.4 is 10.7 Å². The number of hydrazine groups is 1. The van der Waals surface area contributed by atoms with Gasteiger partial charge in [-0.3, -0.25) is 15.0 Å². The van der Waals surface area contributed by atoms with E-state index in [4.69, 9.17) is 11.2 Å². The number of ether oxygens (including phenoxy) is 1. The number of nitrogens with one attached hydrogen (secondary N) is 2. The van der Waals surface area contributed by atoms with Crippen LogP contribution in [0.4, 0.5) is 4.79 Å². The number of alkyl carbamates (subject to hydrolysis) is 1. The van der Waals surface area contributed by atoms with E-state index in [1.54, 1.807) is 0 Å². The first kappa shape index (κ1) is 21.9. The van der Waals surface area contributed by atoms with Gasteiger partial charge in [-0.05, 0) is 22.3 Å². The number of terminal acetylenes is 1. The van der Waals surface area contributed by atoms with Crippen LogP contribution in [-0.2, 0) is 19.1 Å². The lowest BCUT2D eigenvalue weighted by Crippen LogP contribution is -2.55. The van der Waals surface area contributed by atoms with Gasteiger partial charge in [-0.2, -0.15) is 0 Å². The Morgan fingerprint density at radius 1 is 1.15 bits per heavy atom. The van der Waals surface area contributed by atoms with Crippen LogP contribution in [0.15, 0.2) is 48.5 Å². The molecule has 0 saturated carbocycles. The Morgan fingerprint density at radius 2 is 1.76 bits per heavy atom. The van der Waals surface area contributed by atoms with Crippen LogP contribution in [0.25, 0.3) is 11.1 Å². The topological polar surface area (TPSA) is 125 Å². The molecule has 1 fully saturated rings. The minimum Gasteiger partial charge on any atom is -0.480 e. The number of carbonyl (C=O) groups excluding carboxylic acids is 3. The SMILES string of the molecule is C#CCC(NC(=O)OCC1c2ccccc2-c2ccccc21)C(=O)N1NC(=O)CC1C(=O)O. The Labute approximate surface area is 189 Å². The predicted octanol–water partition coefficient (Wildman–Crippen LogP) is 1.63. The molecule has 33 heavy (non-hydrogen) atoms. The molecule has 4 rings (SSSR count). The Kier molecular flexibility index (Phi) is 6.00. The molecule has 1 aliphatic heterocycles. The summed E-state index contributed by atoms with van der Waals surface area (Å²) in [5.74, 6) is -0.682. The fourth-order valence-electron chi connectivity index (χ4n) is 4.20. The molecule has 0 spiro atoms. The molecule has 0 aromatic heterocycles. The summed E-state index contributed by atoms with van der Waals surface area (Å²) >= 11 is 0. The molecule has 0 radical (unpaired) electrons. The van der Waals surface area contributed by atoms with E-state index < -0.39 is 36.0 Å². The van der Waals surface area contributed by atoms with E-state index >= 15 is 0 Å². The molecule has 3 N–H and O–H groups in total. The van der Waals surface area contributed by atoms with Gasteiger partial charge in [-0.1, -0.05) is 48.5 Å². The number of hydrogen-bond donors (Lipinski definition) is 3. The van der Waals surface area contributed by atoms with Crippen molar-refractivity contribution in [3.8, 4) is 23.5 Å². The minimum absolute atomic E-state index is 0.0367. The van der Waals surface area contributed by atoms with Crippen molar-refractivity contribution >= 4 is 23.9 Å². The molecule has 2 aromatic carbocycles. The van der Waals surface area contributed by atoms with Crippen LogP contribution in [0.3, 0.4) is 0 Å². The highest BCUT2D eigenvalue weighted by atomic mass is 16.5. The van der Waals surface area contributed by atoms with Gasteiger partial charge >= 0.3 is 12.1 Å². The van der Waals surface area contributed by atoms with E-state index in [-0.39, 0.29) is 25.4 Å². The lowest BCUT2D eigenvalue weighted by atomic mass is 9.98. The zero-order valence-corrected chi connectivity index (χ0v) is 17.5. The van der Waals surface area contributed by atoms with Crippen molar-refractivity contribution in [1.82, 2.24) is 15.8 Å². The third-order valence-corrected chi connectivity index (χ3v) is 5.71. The lowest BCUT2D eigenvalue weighted by molar-refractivity contribution is -0.151. The molecule has 1 heterocycles. The fraction of sp³-hybridized carbons (Fsp3) is 0.250. The van der Waals surface area contributed by atoms with Gasteiger partial charge in [0.2, 0.25) is 5.91 Å². The van der Waals surface area contributed by atoms with Gasteiger partial charge in [0.05, 0.1) is 6.42 Å². The highest BCUT2D eigenvalue weighted by molar-refractivity contribution is 5.96. The van der Waals surface area contributed by atoms with Crippen molar-refractivity contribution in [3.63, 3.8) is 0 Å². The molecule has 2 atom stereocenters. The van der Waals surface area contributed by atoms with E-state index in [1.165, 1.54) is 0 Å². The van der Waals surface area contributed by atoms with Crippen LogP contribution in [0.5, 0.6) is 0 Å². The smallest absolute Gasteiger partial charge is 0.407 e. The maximum absolute atomic E-state index is 12.8. The number of carbonyl (C=O) groups is 4. The molecule has 3 amide bonds. The molecule has 1 aliphatic carbocycles. The zero-order valence-electron chi connectivity index (χ0n) is 17.5. The third kappa shape index (κ3) is 4.23. The van der Waals surface area contributed by atoms with Crippen LogP contribution in [0.1, 0.15) is 29.9 Å². The van der Waals surface area contributed by atoms with Crippen molar-refractivity contribution in [2.45, 2.75) is 30.8 Å². The number of hydrogen-bond acceptors (Lipinski definition) is 5. The van der Waals surface area contributed by atoms with Crippen molar-refractivity contribution in [3.05, 3.63) is 59.7 Å². The van der Waals surface area contributed by atoms with Gasteiger partial charge in [0, 0.05) is 12.3 Å². The number of carboxylic acids is 1. The summed E-state index contributed by atoms with van der Waals surface area (Å²) in [5, 5.41) is 12.4. The van der Waals surface area contributed by atoms with Gasteiger partial charge in [0.1, 0.15) is 12.6 Å². The Bertz CT molecular complexity index is 1130. The first-order chi connectivity index (χ1) is 15.9. The van der Waals surface area contributed by atoms with Gasteiger partial charge < -0.3 is 15.2 Å². The van der Waals surface area contributed by atoms with Crippen LogP contribution >= 0.6 is 0 Å². The number of fused-ring (bicyclic) bond motifs is 3. The molecule has 0 bridgehead atoms. The Hall–Kier alpha value is -4.32. The molecular weight excluding hydrogens is 426 g/mol. The molecule has 9 nitrogen and oxygen atoms in total. The molecule has 168 valence electrons. The van der Waals surface area contributed by atoms with Gasteiger partial charge in [-0.25, -0.2) is 14.6 Å². The van der Waals surface area contributed by atoms with Gasteiger partial charge in [-0.15, -0.1) is 12.3 Å². The summed E-state index contributed by atoms with van der Waals surface area (Å²) in [6, 6.07) is 13.1. The highest BCUT2D eigenvalue weighted by Crippen LogP contribution is 2.44. The Balaban J connectivity index is 1.44. The summed E-state index contributed by atoms with van der Waals surface area (Å²) in [7, 11) is 0. The fourth-order valence-corrected chi connectivity index (χ4v) is 4.20. The van der Waals surface area contributed by atoms with Crippen molar-refractivity contribution in [2.75, 3.05) is 6.61 Å². The van der Waals surface area contributed by atoms with Crippen molar-refractivity contribution in [2.24, 2.45) is 0 Å². The van der Waals surface area contributed by atoms with E-state index in [1.807, 2.05) is 48.5 Å². The third-order valence-electron chi connectivity index (χ3n) is 5.71. The molecule has 1 saturated heterocycles. The lowest BCUT2D eigenvalue weighted by Gasteiger charge is -2.25. The average Bonchev–Trinajstić information content (AvgIpc) is 3.35. The van der Waals surface area contributed by atoms with Crippen molar-refractivity contribution < 1.29 is 29.0 Å². The number of nitrogens with zero attached hydrogens (tertiary/aromatic N) is 1. The second kappa shape index (κ2) is 9.04. The summed E-state index contributed by atoms with van der Waals surface area (Å²) in [5.41, 5.74) is 6.42. The predicted molar refractivity (Wildman–Crippen MR) is 116 cm³/mol. The molecule has 2 unspecified atom stereocenters. The number of benzene rings is 2. The summed E-state index contributed by atoms with van der Waals surface area (Å²) < 4.78 is 5.43. The van der Waals surface area contributed by atoms with Crippen LogP contribution in [0, 0.1) is 12.3 Å². The largest absolute Gasteiger partial charge is 0.480 e. The Morgan fingerprint density at radius 3 is 2.33 bits per heavy atom. The minimum atomic E-state index is -1.38. The number of rotatable bonds is 6. The molecule has 2 aromatic rings. The first-order valence-corrected chi connectivity index (χ1v) is 10.3. The van der Waals surface area contributed by atoms with E-state index in [9.17, 15) is 24.3 Å². The summed E-state index contributed by atoms with van der Waals surface area (Å²) in [6.07, 6.45) is 3.87. The first-order valence-electron chi connectivity index (χ1n) is 10.3. The summed E-state index contributed by atoms with van der Waals surface area (Å²) in [6.45, 7) is 0.0367. The highest BCUT2D eigenvalue weighted by Gasteiger charge is 2.41. The van der Waals surface area contributed by atoms with Crippen molar-refractivity contribution in [1.29, 1.82) is 0 Å². The average molecular weight is 447 g/mol. The number of amides is 3. The van der Waals surface area contributed by atoms with E-state index in [0.29, 0.717) is 5.01 Å². The molecule has 9 heteroatoms. The number of aliphatic carboxylic acids is 1. The normalized spacial score (nSPS) is 17.4. The van der Waals surface area contributed by atoms with E-state index in [2.05, 4.69) is 16.7 Å². The second-order valence-electron chi connectivity index (χ2n) is 7.73. The molecular formula is C24H21N3O6. The van der Waals surface area contributed by atoms with E-state index in [0.717, 1.165) is 22.3 Å². The maximum atomic E-state index is 12.8. The monoisotopic (exact) mass is 447 g/mol. The summed E-state index contributed by atoms with van der Waals surface area (Å²) in [4.78, 5) is 48.3. The van der Waals surface area contributed by atoms with Crippen LogP contribution in [0.2, 0.25) is 0 Å². The van der Waals surface area contributed by atoms with Gasteiger partial charge in [0.25, 0.3) is 5.91 Å². The van der Waals surface area contributed by atoms with Crippen LogP contribution in [-0.4, -0.2) is 52.7 Å². The molecule has 2 aliphatic rings. The van der Waals surface area contributed by atoms with Gasteiger partial charge in [0.15, 0.2) is 6.04 Å².